The van der Waals surface area contributed by atoms with Crippen LogP contribution in [0.2, 0.25) is 0 Å². The van der Waals surface area contributed by atoms with Gasteiger partial charge in [0.05, 0.1) is 37.6 Å². The normalized spacial score (nSPS) is 10.5. The standard InChI is InChI=1S/C28H36N2O9/c31-19-23-7-1-3-9-25(23)38-21-27(33)29-11-5-13-35-15-17-37-18-16-36-14-6-12-30-28(34)22-39-26-10-4-2-8-24(26)20-32/h1-4,7-10,19-20H,5-6,11-18,21-22H2,(H,29,33)(H,30,34). The van der Waals surface area contributed by atoms with E-state index in [1.54, 1.807) is 48.5 Å². The van der Waals surface area contributed by atoms with Crippen LogP contribution in [0, 0.1) is 0 Å². The van der Waals surface area contributed by atoms with E-state index in [1.807, 2.05) is 0 Å². The van der Waals surface area contributed by atoms with Crippen molar-refractivity contribution in [1.82, 2.24) is 10.6 Å². The highest BCUT2D eigenvalue weighted by atomic mass is 16.5. The molecule has 11 heteroatoms. The first-order valence-corrected chi connectivity index (χ1v) is 12.7. The maximum atomic E-state index is 11.8. The molecule has 0 aromatic heterocycles. The van der Waals surface area contributed by atoms with Crippen molar-refractivity contribution in [3.63, 3.8) is 0 Å². The second kappa shape index (κ2) is 20.2. The van der Waals surface area contributed by atoms with Gasteiger partial charge in [-0.3, -0.25) is 19.2 Å². The van der Waals surface area contributed by atoms with Crippen LogP contribution >= 0.6 is 0 Å². The smallest absolute Gasteiger partial charge is 0.257 e. The molecule has 2 aromatic carbocycles. The summed E-state index contributed by atoms with van der Waals surface area (Å²) in [6.45, 7) is 3.28. The van der Waals surface area contributed by atoms with Crippen molar-refractivity contribution in [2.75, 3.05) is 65.9 Å². The maximum Gasteiger partial charge on any atom is 0.257 e. The predicted octanol–water partition coefficient (Wildman–Crippen LogP) is 1.83. The molecule has 0 spiro atoms. The number of hydrogen-bond acceptors (Lipinski definition) is 9. The van der Waals surface area contributed by atoms with Crippen LogP contribution in [0.4, 0.5) is 0 Å². The van der Waals surface area contributed by atoms with Crippen LogP contribution in [-0.2, 0) is 23.8 Å². The maximum absolute atomic E-state index is 11.8. The number of carbonyl (C=O) groups excluding carboxylic acids is 4. The summed E-state index contributed by atoms with van der Waals surface area (Å²) in [6, 6.07) is 13.4. The van der Waals surface area contributed by atoms with Gasteiger partial charge in [-0.1, -0.05) is 24.3 Å². The van der Waals surface area contributed by atoms with E-state index in [1.165, 1.54) is 0 Å². The van der Waals surface area contributed by atoms with Crippen LogP contribution in [-0.4, -0.2) is 90.3 Å². The van der Waals surface area contributed by atoms with Crippen molar-refractivity contribution in [3.8, 4) is 11.5 Å². The first-order valence-electron chi connectivity index (χ1n) is 12.7. The SMILES string of the molecule is O=Cc1ccccc1OCC(=O)NCCCOCCOCCOCCCNC(=O)COc1ccccc1C=O. The summed E-state index contributed by atoms with van der Waals surface area (Å²) in [5.41, 5.74) is 0.799. The highest BCUT2D eigenvalue weighted by molar-refractivity contribution is 5.81. The third-order valence-corrected chi connectivity index (χ3v) is 5.13. The number of hydrogen-bond donors (Lipinski definition) is 2. The first-order chi connectivity index (χ1) is 19.1. The summed E-state index contributed by atoms with van der Waals surface area (Å²) >= 11 is 0. The van der Waals surface area contributed by atoms with E-state index in [4.69, 9.17) is 23.7 Å². The highest BCUT2D eigenvalue weighted by Gasteiger charge is 2.07. The molecule has 2 rings (SSSR count). The Kier molecular flexibility index (Phi) is 16.3. The predicted molar refractivity (Wildman–Crippen MR) is 142 cm³/mol. The second-order valence-electron chi connectivity index (χ2n) is 8.13. The molecule has 0 fully saturated rings. The minimum atomic E-state index is -0.271. The van der Waals surface area contributed by atoms with Crippen molar-refractivity contribution >= 4 is 24.4 Å². The third kappa shape index (κ3) is 14.1. The van der Waals surface area contributed by atoms with Crippen LogP contribution in [0.1, 0.15) is 33.6 Å². The van der Waals surface area contributed by atoms with Crippen molar-refractivity contribution < 1.29 is 42.9 Å². The average molecular weight is 545 g/mol. The highest BCUT2D eigenvalue weighted by Crippen LogP contribution is 2.16. The van der Waals surface area contributed by atoms with Crippen molar-refractivity contribution in [3.05, 3.63) is 59.7 Å². The van der Waals surface area contributed by atoms with E-state index in [9.17, 15) is 19.2 Å². The van der Waals surface area contributed by atoms with Gasteiger partial charge < -0.3 is 34.3 Å². The molecule has 2 amide bonds. The van der Waals surface area contributed by atoms with Gasteiger partial charge in [-0.2, -0.15) is 0 Å². The molecule has 212 valence electrons. The van der Waals surface area contributed by atoms with Crippen molar-refractivity contribution in [2.24, 2.45) is 0 Å². The van der Waals surface area contributed by atoms with Gasteiger partial charge in [0.1, 0.15) is 11.5 Å². The fourth-order valence-electron chi connectivity index (χ4n) is 3.15. The molecule has 2 N–H and O–H groups in total. The van der Waals surface area contributed by atoms with Gasteiger partial charge in [-0.15, -0.1) is 0 Å². The summed E-state index contributed by atoms with van der Waals surface area (Å²) in [4.78, 5) is 45.5. The van der Waals surface area contributed by atoms with Gasteiger partial charge in [0.2, 0.25) is 0 Å². The minimum absolute atomic E-state index is 0.163. The molecule has 0 radical (unpaired) electrons. The lowest BCUT2D eigenvalue weighted by atomic mass is 10.2. The van der Waals surface area contributed by atoms with E-state index in [2.05, 4.69) is 10.6 Å². The summed E-state index contributed by atoms with van der Waals surface area (Å²) in [7, 11) is 0. The lowest BCUT2D eigenvalue weighted by Gasteiger charge is -2.10. The van der Waals surface area contributed by atoms with Gasteiger partial charge >= 0.3 is 0 Å². The number of benzene rings is 2. The Morgan fingerprint density at radius 1 is 0.590 bits per heavy atom. The Morgan fingerprint density at radius 3 is 1.38 bits per heavy atom. The first kappa shape index (κ1) is 31.4. The molecule has 2 aromatic rings. The van der Waals surface area contributed by atoms with Crippen LogP contribution in [0.25, 0.3) is 0 Å². The topological polar surface area (TPSA) is 138 Å². The molecule has 0 atom stereocenters. The molecular weight excluding hydrogens is 508 g/mol. The summed E-state index contributed by atoms with van der Waals surface area (Å²) in [5, 5.41) is 5.46. The Bertz CT molecular complexity index is 937. The Balaban J connectivity index is 1.32. The van der Waals surface area contributed by atoms with E-state index in [0.717, 1.165) is 0 Å². The van der Waals surface area contributed by atoms with E-state index >= 15 is 0 Å². The van der Waals surface area contributed by atoms with Gasteiger partial charge in [-0.25, -0.2) is 0 Å². The summed E-state index contributed by atoms with van der Waals surface area (Å²) in [6.07, 6.45) is 2.67. The van der Waals surface area contributed by atoms with E-state index in [-0.39, 0.29) is 25.0 Å². The largest absolute Gasteiger partial charge is 0.483 e. The molecule has 0 bridgehead atoms. The zero-order valence-electron chi connectivity index (χ0n) is 21.9. The number of para-hydroxylation sites is 2. The van der Waals surface area contributed by atoms with Crippen LogP contribution in [0.5, 0.6) is 11.5 Å². The number of nitrogens with one attached hydrogen (secondary N) is 2. The quantitative estimate of drug-likeness (QED) is 0.168. The Labute approximate surface area is 228 Å². The zero-order chi connectivity index (χ0) is 28.0. The Morgan fingerprint density at radius 2 is 0.974 bits per heavy atom. The molecular formula is C28H36N2O9. The Hall–Kier alpha value is -3.80. The number of ether oxygens (including phenoxy) is 5. The van der Waals surface area contributed by atoms with Crippen LogP contribution in [0.15, 0.2) is 48.5 Å². The second-order valence-corrected chi connectivity index (χ2v) is 8.13. The fraction of sp³-hybridized carbons (Fsp3) is 0.429. The lowest BCUT2D eigenvalue weighted by molar-refractivity contribution is -0.123. The van der Waals surface area contributed by atoms with E-state index < -0.39 is 0 Å². The van der Waals surface area contributed by atoms with Gasteiger partial charge in [-0.05, 0) is 37.1 Å². The van der Waals surface area contributed by atoms with Crippen LogP contribution in [0.3, 0.4) is 0 Å². The number of aldehydes is 2. The molecule has 0 aliphatic rings. The number of amides is 2. The fourth-order valence-corrected chi connectivity index (χ4v) is 3.15. The summed E-state index contributed by atoms with van der Waals surface area (Å²) in [5.74, 6) is 0.213. The molecule has 11 nitrogen and oxygen atoms in total. The molecule has 0 saturated carbocycles. The molecule has 0 saturated heterocycles. The van der Waals surface area contributed by atoms with Crippen molar-refractivity contribution in [2.45, 2.75) is 12.8 Å². The van der Waals surface area contributed by atoms with Gasteiger partial charge in [0.25, 0.3) is 11.8 Å². The van der Waals surface area contributed by atoms with Gasteiger partial charge in [0.15, 0.2) is 25.8 Å². The van der Waals surface area contributed by atoms with Crippen LogP contribution < -0.4 is 20.1 Å². The summed E-state index contributed by atoms with van der Waals surface area (Å²) < 4.78 is 27.1. The van der Waals surface area contributed by atoms with Gasteiger partial charge in [0, 0.05) is 26.3 Å². The lowest BCUT2D eigenvalue weighted by Crippen LogP contribution is -2.30. The monoisotopic (exact) mass is 544 g/mol. The van der Waals surface area contributed by atoms with E-state index in [0.29, 0.717) is 101 Å². The zero-order valence-corrected chi connectivity index (χ0v) is 21.9. The molecule has 0 unspecified atom stereocenters. The molecule has 39 heavy (non-hydrogen) atoms. The number of rotatable bonds is 22. The number of carbonyl (C=O) groups is 4. The minimum Gasteiger partial charge on any atom is -0.483 e. The van der Waals surface area contributed by atoms with Crippen molar-refractivity contribution in [1.29, 1.82) is 0 Å². The third-order valence-electron chi connectivity index (χ3n) is 5.13. The molecule has 0 heterocycles. The average Bonchev–Trinajstić information content (AvgIpc) is 2.97. The molecule has 0 aliphatic carbocycles. The molecule has 0 aliphatic heterocycles.